The molecule has 1 unspecified atom stereocenters. The van der Waals surface area contributed by atoms with Crippen LogP contribution in [0.2, 0.25) is 0 Å². The first kappa shape index (κ1) is 22.0. The van der Waals surface area contributed by atoms with Crippen LogP contribution >= 0.6 is 0 Å². The molecule has 0 radical (unpaired) electrons. The molecule has 3 aliphatic rings. The zero-order valence-electron chi connectivity index (χ0n) is 19.2. The molecule has 2 amide bonds. The van der Waals surface area contributed by atoms with Gasteiger partial charge in [0.2, 0.25) is 11.8 Å². The summed E-state index contributed by atoms with van der Waals surface area (Å²) < 4.78 is 0. The smallest absolute Gasteiger partial charge is 0.236 e. The highest BCUT2D eigenvalue weighted by Gasteiger charge is 2.30. The number of carbonyl (C=O) groups is 2. The molecule has 4 rings (SSSR count). The molecule has 1 aromatic rings. The number of anilines is 1. The maximum absolute atomic E-state index is 12.8. The number of aromatic nitrogens is 2. The molecule has 8 heteroatoms. The van der Waals surface area contributed by atoms with E-state index in [9.17, 15) is 9.59 Å². The second-order valence-electron chi connectivity index (χ2n) is 9.43. The Morgan fingerprint density at radius 2 is 1.84 bits per heavy atom. The minimum atomic E-state index is 0.125. The second-order valence-corrected chi connectivity index (χ2v) is 9.43. The van der Waals surface area contributed by atoms with Gasteiger partial charge in [-0.3, -0.25) is 14.5 Å². The topological polar surface area (TPSA) is 81.7 Å². The maximum Gasteiger partial charge on any atom is 0.236 e. The molecule has 2 saturated heterocycles. The summed E-state index contributed by atoms with van der Waals surface area (Å²) in [5.41, 5.74) is 2.20. The number of hydrogen-bond acceptors (Lipinski definition) is 6. The van der Waals surface area contributed by atoms with Crippen molar-refractivity contribution >= 4 is 17.6 Å². The van der Waals surface area contributed by atoms with Gasteiger partial charge in [0.25, 0.3) is 0 Å². The van der Waals surface area contributed by atoms with Crippen molar-refractivity contribution in [3.63, 3.8) is 0 Å². The fourth-order valence-corrected chi connectivity index (χ4v) is 5.04. The van der Waals surface area contributed by atoms with E-state index in [-0.39, 0.29) is 17.7 Å². The van der Waals surface area contributed by atoms with E-state index in [1.54, 1.807) is 6.92 Å². The summed E-state index contributed by atoms with van der Waals surface area (Å²) in [6, 6.07) is 0. The Balaban J connectivity index is 1.44. The van der Waals surface area contributed by atoms with Crippen LogP contribution in [0.4, 0.5) is 5.82 Å². The van der Waals surface area contributed by atoms with E-state index >= 15 is 0 Å². The normalized spacial score (nSPS) is 22.9. The third-order valence-corrected chi connectivity index (χ3v) is 7.12. The Morgan fingerprint density at radius 3 is 2.55 bits per heavy atom. The number of hydrogen-bond donors (Lipinski definition) is 1. The number of piperidine rings is 2. The fraction of sp³-hybridized carbons (Fsp3) is 0.739. The third-order valence-electron chi connectivity index (χ3n) is 7.12. The molecule has 0 spiro atoms. The van der Waals surface area contributed by atoms with E-state index in [1.165, 1.54) is 0 Å². The SMILES string of the molecule is CNc1nc(C2CCCN(C(C)=O)C2)nc2c1CN(CC(=O)N1CCC(C)CC1)CC2. The molecular formula is C23H36N6O2. The lowest BCUT2D eigenvalue weighted by molar-refractivity contribution is -0.134. The van der Waals surface area contributed by atoms with Gasteiger partial charge >= 0.3 is 0 Å². The fourth-order valence-electron chi connectivity index (χ4n) is 5.04. The third kappa shape index (κ3) is 5.00. The minimum Gasteiger partial charge on any atom is -0.373 e. The van der Waals surface area contributed by atoms with Crippen LogP contribution in [0.3, 0.4) is 0 Å². The van der Waals surface area contributed by atoms with Gasteiger partial charge in [-0.1, -0.05) is 6.92 Å². The Kier molecular flexibility index (Phi) is 6.74. The zero-order chi connectivity index (χ0) is 22.0. The number of nitrogens with zero attached hydrogens (tertiary/aromatic N) is 5. The van der Waals surface area contributed by atoms with Crippen molar-refractivity contribution < 1.29 is 9.59 Å². The van der Waals surface area contributed by atoms with E-state index < -0.39 is 0 Å². The minimum absolute atomic E-state index is 0.125. The molecule has 1 N–H and O–H groups in total. The number of likely N-dealkylation sites (tertiary alicyclic amines) is 2. The molecule has 0 bridgehead atoms. The largest absolute Gasteiger partial charge is 0.373 e. The molecule has 31 heavy (non-hydrogen) atoms. The van der Waals surface area contributed by atoms with Crippen LogP contribution in [0.25, 0.3) is 0 Å². The van der Waals surface area contributed by atoms with Crippen molar-refractivity contribution in [1.82, 2.24) is 24.7 Å². The van der Waals surface area contributed by atoms with E-state index in [4.69, 9.17) is 9.97 Å². The lowest BCUT2D eigenvalue weighted by Gasteiger charge is -2.35. The van der Waals surface area contributed by atoms with Gasteiger partial charge in [0, 0.05) is 71.1 Å². The highest BCUT2D eigenvalue weighted by molar-refractivity contribution is 5.78. The molecule has 0 saturated carbocycles. The number of carbonyl (C=O) groups excluding carboxylic acids is 2. The summed E-state index contributed by atoms with van der Waals surface area (Å²) in [6.07, 6.45) is 5.05. The molecule has 4 heterocycles. The highest BCUT2D eigenvalue weighted by Crippen LogP contribution is 2.30. The predicted octanol–water partition coefficient (Wildman–Crippen LogP) is 1.86. The summed E-state index contributed by atoms with van der Waals surface area (Å²) in [6.45, 7) is 9.21. The van der Waals surface area contributed by atoms with Gasteiger partial charge in [0.05, 0.1) is 12.2 Å². The Labute approximate surface area is 185 Å². The van der Waals surface area contributed by atoms with Crippen molar-refractivity contribution in [1.29, 1.82) is 0 Å². The van der Waals surface area contributed by atoms with E-state index in [0.29, 0.717) is 19.6 Å². The second kappa shape index (κ2) is 9.51. The van der Waals surface area contributed by atoms with Gasteiger partial charge in [-0.05, 0) is 31.6 Å². The van der Waals surface area contributed by atoms with Crippen molar-refractivity contribution in [2.45, 2.75) is 58.4 Å². The van der Waals surface area contributed by atoms with Crippen LogP contribution in [0.5, 0.6) is 0 Å². The molecule has 2 fully saturated rings. The average molecular weight is 429 g/mol. The average Bonchev–Trinajstić information content (AvgIpc) is 2.78. The predicted molar refractivity (Wildman–Crippen MR) is 120 cm³/mol. The standard InChI is InChI=1S/C23H36N6O2/c1-16-6-11-28(12-7-16)21(31)15-27-10-8-20-19(14-27)23(24-3)26-22(25-20)18-5-4-9-29(13-18)17(2)30/h16,18H,4-15H2,1-3H3,(H,24,25,26). The molecular weight excluding hydrogens is 392 g/mol. The van der Waals surface area contributed by atoms with E-state index in [1.807, 2.05) is 16.8 Å². The summed E-state index contributed by atoms with van der Waals surface area (Å²) in [5.74, 6) is 2.99. The summed E-state index contributed by atoms with van der Waals surface area (Å²) in [4.78, 5) is 40.6. The van der Waals surface area contributed by atoms with Gasteiger partial charge in [0.1, 0.15) is 11.6 Å². The van der Waals surface area contributed by atoms with Gasteiger partial charge in [-0.25, -0.2) is 9.97 Å². The maximum atomic E-state index is 12.8. The van der Waals surface area contributed by atoms with Crippen molar-refractivity contribution in [3.05, 3.63) is 17.1 Å². The quantitative estimate of drug-likeness (QED) is 0.788. The van der Waals surface area contributed by atoms with E-state index in [0.717, 1.165) is 87.1 Å². The van der Waals surface area contributed by atoms with Crippen molar-refractivity contribution in [2.24, 2.45) is 5.92 Å². The van der Waals surface area contributed by atoms with Crippen LogP contribution in [0, 0.1) is 5.92 Å². The number of rotatable bonds is 4. The summed E-state index contributed by atoms with van der Waals surface area (Å²) in [7, 11) is 1.90. The van der Waals surface area contributed by atoms with Crippen molar-refractivity contribution in [3.8, 4) is 0 Å². The first-order valence-electron chi connectivity index (χ1n) is 11.8. The Hall–Kier alpha value is -2.22. The van der Waals surface area contributed by atoms with Gasteiger partial charge < -0.3 is 15.1 Å². The van der Waals surface area contributed by atoms with Gasteiger partial charge in [0.15, 0.2) is 0 Å². The molecule has 1 atom stereocenters. The number of amides is 2. The molecule has 0 aliphatic carbocycles. The Morgan fingerprint density at radius 1 is 1.06 bits per heavy atom. The highest BCUT2D eigenvalue weighted by atomic mass is 16.2. The molecule has 3 aliphatic heterocycles. The monoisotopic (exact) mass is 428 g/mol. The van der Waals surface area contributed by atoms with Crippen LogP contribution in [0.15, 0.2) is 0 Å². The first-order chi connectivity index (χ1) is 14.9. The summed E-state index contributed by atoms with van der Waals surface area (Å²) in [5, 5.41) is 3.26. The van der Waals surface area contributed by atoms with Crippen molar-refractivity contribution in [2.75, 3.05) is 51.6 Å². The number of fused-ring (bicyclic) bond motifs is 1. The molecule has 8 nitrogen and oxygen atoms in total. The summed E-state index contributed by atoms with van der Waals surface area (Å²) >= 11 is 0. The lowest BCUT2D eigenvalue weighted by atomic mass is 9.96. The van der Waals surface area contributed by atoms with Crippen LogP contribution in [-0.2, 0) is 22.6 Å². The van der Waals surface area contributed by atoms with Crippen LogP contribution in [0.1, 0.15) is 62.5 Å². The van der Waals surface area contributed by atoms with Crippen LogP contribution < -0.4 is 5.32 Å². The zero-order valence-corrected chi connectivity index (χ0v) is 19.2. The molecule has 1 aromatic heterocycles. The lowest BCUT2D eigenvalue weighted by Crippen LogP contribution is -2.45. The van der Waals surface area contributed by atoms with E-state index in [2.05, 4.69) is 17.1 Å². The van der Waals surface area contributed by atoms with Gasteiger partial charge in [-0.15, -0.1) is 0 Å². The molecule has 0 aromatic carbocycles. The number of nitrogens with one attached hydrogen (secondary N) is 1. The van der Waals surface area contributed by atoms with Crippen LogP contribution in [-0.4, -0.2) is 82.8 Å². The van der Waals surface area contributed by atoms with Gasteiger partial charge in [-0.2, -0.15) is 0 Å². The first-order valence-corrected chi connectivity index (χ1v) is 11.8. The molecule has 170 valence electrons. The Bertz CT molecular complexity index is 803.